The maximum absolute atomic E-state index is 12.6. The van der Waals surface area contributed by atoms with Gasteiger partial charge in [0, 0.05) is 11.4 Å². The smallest absolute Gasteiger partial charge is 0.340 e. The fourth-order valence-corrected chi connectivity index (χ4v) is 2.91. The predicted molar refractivity (Wildman–Crippen MR) is 96.8 cm³/mol. The van der Waals surface area contributed by atoms with Gasteiger partial charge in [-0.1, -0.05) is 17.7 Å². The van der Waals surface area contributed by atoms with Crippen molar-refractivity contribution in [1.29, 1.82) is 0 Å². The molecule has 6 nitrogen and oxygen atoms in total. The van der Waals surface area contributed by atoms with Gasteiger partial charge in [-0.3, -0.25) is 4.79 Å². The Morgan fingerprint density at radius 2 is 1.58 bits per heavy atom. The second kappa shape index (κ2) is 7.99. The Labute approximate surface area is 152 Å². The van der Waals surface area contributed by atoms with E-state index in [0.717, 1.165) is 11.1 Å². The summed E-state index contributed by atoms with van der Waals surface area (Å²) in [5.74, 6) is -1.59. The average molecular weight is 357 g/mol. The minimum atomic E-state index is -0.571. The minimum Gasteiger partial charge on any atom is -0.462 e. The van der Waals surface area contributed by atoms with Crippen LogP contribution >= 0.6 is 0 Å². The van der Waals surface area contributed by atoms with E-state index in [-0.39, 0.29) is 17.7 Å². The van der Waals surface area contributed by atoms with E-state index < -0.39 is 24.3 Å². The second-order valence-electron chi connectivity index (χ2n) is 6.16. The van der Waals surface area contributed by atoms with Gasteiger partial charge in [0.15, 0.2) is 6.61 Å². The zero-order valence-corrected chi connectivity index (χ0v) is 15.7. The van der Waals surface area contributed by atoms with Gasteiger partial charge in [0.05, 0.1) is 23.3 Å². The quantitative estimate of drug-likeness (QED) is 0.632. The zero-order valence-electron chi connectivity index (χ0n) is 15.7. The lowest BCUT2D eigenvalue weighted by Gasteiger charge is -2.09. The van der Waals surface area contributed by atoms with Crippen molar-refractivity contribution in [2.45, 2.75) is 34.6 Å². The first kappa shape index (κ1) is 19.4. The molecule has 0 radical (unpaired) electrons. The molecule has 0 aliphatic carbocycles. The van der Waals surface area contributed by atoms with Crippen molar-refractivity contribution in [3.8, 4) is 0 Å². The summed E-state index contributed by atoms with van der Waals surface area (Å²) < 4.78 is 10.2. The molecule has 2 rings (SSSR count). The van der Waals surface area contributed by atoms with Gasteiger partial charge in [0.25, 0.3) is 0 Å². The third-order valence-corrected chi connectivity index (χ3v) is 4.07. The first-order valence-corrected chi connectivity index (χ1v) is 8.40. The van der Waals surface area contributed by atoms with Gasteiger partial charge < -0.3 is 14.5 Å². The highest BCUT2D eigenvalue weighted by atomic mass is 16.5. The molecule has 0 amide bonds. The van der Waals surface area contributed by atoms with Gasteiger partial charge in [0.2, 0.25) is 5.78 Å². The Balaban J connectivity index is 2.18. The van der Waals surface area contributed by atoms with Crippen LogP contribution in [0.4, 0.5) is 0 Å². The molecule has 26 heavy (non-hydrogen) atoms. The maximum Gasteiger partial charge on any atom is 0.340 e. The van der Waals surface area contributed by atoms with Gasteiger partial charge in [-0.15, -0.1) is 0 Å². The molecule has 6 heteroatoms. The first-order chi connectivity index (χ1) is 12.3. The molecular formula is C20H23NO5. The van der Waals surface area contributed by atoms with Gasteiger partial charge in [-0.2, -0.15) is 0 Å². The fraction of sp³-hybridized carbons (Fsp3) is 0.350. The van der Waals surface area contributed by atoms with Crippen LogP contribution in [0.2, 0.25) is 0 Å². The van der Waals surface area contributed by atoms with E-state index in [1.165, 1.54) is 0 Å². The number of ketones is 1. The van der Waals surface area contributed by atoms with E-state index >= 15 is 0 Å². The fourth-order valence-electron chi connectivity index (χ4n) is 2.91. The largest absolute Gasteiger partial charge is 0.462 e. The van der Waals surface area contributed by atoms with Gasteiger partial charge >= 0.3 is 11.9 Å². The highest BCUT2D eigenvalue weighted by molar-refractivity contribution is 6.09. The molecular weight excluding hydrogens is 334 g/mol. The lowest BCUT2D eigenvalue weighted by molar-refractivity contribution is 0.0471. The standard InChI is InChI=1S/C20H23NO5/c1-6-25-20(24)18-14(5)21-13(4)17(18)16(22)10-26-19(23)15-8-7-11(2)9-12(15)3/h7-9,21H,6,10H2,1-5H3. The number of hydrogen-bond acceptors (Lipinski definition) is 5. The van der Waals surface area contributed by atoms with Crippen LogP contribution in [0.3, 0.4) is 0 Å². The van der Waals surface area contributed by atoms with Crippen LogP contribution in [-0.4, -0.2) is 35.9 Å². The van der Waals surface area contributed by atoms with E-state index in [1.807, 2.05) is 26.0 Å². The highest BCUT2D eigenvalue weighted by Crippen LogP contribution is 2.21. The summed E-state index contributed by atoms with van der Waals surface area (Å²) in [6, 6.07) is 5.36. The Kier molecular flexibility index (Phi) is 5.97. The van der Waals surface area contributed by atoms with Crippen molar-refractivity contribution in [2.75, 3.05) is 13.2 Å². The Bertz CT molecular complexity index is 863. The van der Waals surface area contributed by atoms with Crippen LogP contribution in [0.5, 0.6) is 0 Å². The van der Waals surface area contributed by atoms with E-state index in [1.54, 1.807) is 26.8 Å². The predicted octanol–water partition coefficient (Wildman–Crippen LogP) is 3.46. The summed E-state index contributed by atoms with van der Waals surface area (Å²) in [4.78, 5) is 39.9. The molecule has 0 saturated carbocycles. The lowest BCUT2D eigenvalue weighted by atomic mass is 10.0. The van der Waals surface area contributed by atoms with Crippen molar-refractivity contribution in [1.82, 2.24) is 4.98 Å². The molecule has 0 bridgehead atoms. The Morgan fingerprint density at radius 3 is 2.19 bits per heavy atom. The van der Waals surface area contributed by atoms with Crippen LogP contribution < -0.4 is 0 Å². The number of carbonyl (C=O) groups is 3. The van der Waals surface area contributed by atoms with E-state index in [2.05, 4.69) is 4.98 Å². The van der Waals surface area contributed by atoms with Crippen LogP contribution in [0.1, 0.15) is 60.5 Å². The molecule has 1 N–H and O–H groups in total. The maximum atomic E-state index is 12.6. The summed E-state index contributed by atoms with van der Waals surface area (Å²) >= 11 is 0. The van der Waals surface area contributed by atoms with Crippen molar-refractivity contribution in [3.63, 3.8) is 0 Å². The Hall–Kier alpha value is -2.89. The minimum absolute atomic E-state index is 0.192. The molecule has 1 aromatic heterocycles. The number of ether oxygens (including phenoxy) is 2. The molecule has 0 aliphatic heterocycles. The van der Waals surface area contributed by atoms with Gasteiger partial charge in [-0.05, 0) is 46.2 Å². The number of Topliss-reactive ketones (excluding diaryl/α,β-unsaturated/α-hetero) is 1. The lowest BCUT2D eigenvalue weighted by Crippen LogP contribution is -2.18. The molecule has 1 heterocycles. The summed E-state index contributed by atoms with van der Waals surface area (Å²) in [5, 5.41) is 0. The summed E-state index contributed by atoms with van der Waals surface area (Å²) in [7, 11) is 0. The second-order valence-corrected chi connectivity index (χ2v) is 6.16. The van der Waals surface area contributed by atoms with E-state index in [4.69, 9.17) is 9.47 Å². The van der Waals surface area contributed by atoms with Gasteiger partial charge in [-0.25, -0.2) is 9.59 Å². The number of nitrogens with one attached hydrogen (secondary N) is 1. The molecule has 0 atom stereocenters. The van der Waals surface area contributed by atoms with Crippen molar-refractivity contribution >= 4 is 17.7 Å². The highest BCUT2D eigenvalue weighted by Gasteiger charge is 2.26. The number of aromatic amines is 1. The van der Waals surface area contributed by atoms with Crippen molar-refractivity contribution in [3.05, 3.63) is 57.4 Å². The number of carbonyl (C=O) groups excluding carboxylic acids is 3. The Morgan fingerprint density at radius 1 is 0.923 bits per heavy atom. The molecule has 2 aromatic rings. The van der Waals surface area contributed by atoms with Crippen LogP contribution in [0, 0.1) is 27.7 Å². The third kappa shape index (κ3) is 4.02. The van der Waals surface area contributed by atoms with Crippen molar-refractivity contribution < 1.29 is 23.9 Å². The number of rotatable bonds is 6. The zero-order chi connectivity index (χ0) is 19.4. The van der Waals surface area contributed by atoms with Crippen LogP contribution in [0.15, 0.2) is 18.2 Å². The molecule has 0 unspecified atom stereocenters. The number of aryl methyl sites for hydroxylation is 4. The van der Waals surface area contributed by atoms with Crippen molar-refractivity contribution in [2.24, 2.45) is 0 Å². The molecule has 0 saturated heterocycles. The number of benzene rings is 1. The summed E-state index contributed by atoms with van der Waals surface area (Å²) in [6.45, 7) is 8.57. The summed E-state index contributed by atoms with van der Waals surface area (Å²) in [6.07, 6.45) is 0. The van der Waals surface area contributed by atoms with Crippen LogP contribution in [-0.2, 0) is 9.47 Å². The molecule has 0 aliphatic rings. The summed E-state index contributed by atoms with van der Waals surface area (Å²) in [5.41, 5.74) is 3.71. The third-order valence-electron chi connectivity index (χ3n) is 4.07. The number of aromatic nitrogens is 1. The number of esters is 2. The number of H-pyrrole nitrogens is 1. The number of hydrogen-bond donors (Lipinski definition) is 1. The topological polar surface area (TPSA) is 85.5 Å². The monoisotopic (exact) mass is 357 g/mol. The SMILES string of the molecule is CCOC(=O)c1c(C)[nH]c(C)c1C(=O)COC(=O)c1ccc(C)cc1C. The molecule has 138 valence electrons. The van der Waals surface area contributed by atoms with E-state index in [9.17, 15) is 14.4 Å². The average Bonchev–Trinajstić information content (AvgIpc) is 2.86. The molecule has 1 aromatic carbocycles. The molecule has 0 spiro atoms. The van der Waals surface area contributed by atoms with Crippen LogP contribution in [0.25, 0.3) is 0 Å². The first-order valence-electron chi connectivity index (χ1n) is 8.40. The van der Waals surface area contributed by atoms with E-state index in [0.29, 0.717) is 17.0 Å². The normalized spacial score (nSPS) is 10.5. The molecule has 0 fully saturated rings. The van der Waals surface area contributed by atoms with Gasteiger partial charge in [0.1, 0.15) is 0 Å².